The van der Waals surface area contributed by atoms with Gasteiger partial charge in [-0.1, -0.05) is 18.2 Å². The first-order valence-electron chi connectivity index (χ1n) is 10.8. The van der Waals surface area contributed by atoms with Crippen LogP contribution in [0.5, 0.6) is 5.75 Å². The third kappa shape index (κ3) is 6.59. The maximum atomic E-state index is 6.15. The van der Waals surface area contributed by atoms with E-state index in [0.29, 0.717) is 12.1 Å². The lowest BCUT2D eigenvalue weighted by Crippen LogP contribution is -2.48. The molecule has 0 amide bonds. The van der Waals surface area contributed by atoms with Crippen LogP contribution in [0.2, 0.25) is 0 Å². The summed E-state index contributed by atoms with van der Waals surface area (Å²) in [6.45, 7) is 4.05. The first-order valence-corrected chi connectivity index (χ1v) is 11.7. The molecule has 1 saturated heterocycles. The summed E-state index contributed by atoms with van der Waals surface area (Å²) >= 11 is 1.78. The fraction of sp³-hybridized carbons (Fsp3) is 0.522. The standard InChI is InChI=1S/C23H32N4OS.HI/c1-24-23(25-15-19-5-2-3-8-22(19)28-21-6-4-7-21)26-20-9-12-27(13-10-20)16-18-11-14-29-17-18;/h2-3,5,8,11,14,17,20-21H,4,6-7,9-10,12-13,15-16H2,1H3,(H2,24,25,26);1H. The number of hydrogen-bond donors (Lipinski definition) is 2. The quantitative estimate of drug-likeness (QED) is 0.306. The van der Waals surface area contributed by atoms with Crippen LogP contribution < -0.4 is 15.4 Å². The Hall–Kier alpha value is -1.32. The molecule has 1 aliphatic carbocycles. The number of guanidine groups is 1. The second-order valence-corrected chi connectivity index (χ2v) is 8.81. The maximum absolute atomic E-state index is 6.15. The normalized spacial score (nSPS) is 18.4. The van der Waals surface area contributed by atoms with Crippen molar-refractivity contribution in [2.45, 2.75) is 57.3 Å². The molecular weight excluding hydrogens is 507 g/mol. The highest BCUT2D eigenvalue weighted by Crippen LogP contribution is 2.27. The number of ether oxygens (including phenoxy) is 1. The molecule has 0 atom stereocenters. The van der Waals surface area contributed by atoms with Crippen LogP contribution in [0.15, 0.2) is 46.1 Å². The van der Waals surface area contributed by atoms with Crippen molar-refractivity contribution < 1.29 is 4.74 Å². The monoisotopic (exact) mass is 540 g/mol. The Morgan fingerprint density at radius 2 is 1.97 bits per heavy atom. The molecule has 2 heterocycles. The number of halogens is 1. The molecule has 1 aromatic heterocycles. The number of aliphatic imine (C=N–C) groups is 1. The molecule has 5 nitrogen and oxygen atoms in total. The van der Waals surface area contributed by atoms with E-state index in [1.54, 1.807) is 11.3 Å². The Bertz CT molecular complexity index is 786. The molecule has 2 N–H and O–H groups in total. The average molecular weight is 541 g/mol. The Labute approximate surface area is 201 Å². The predicted octanol–water partition coefficient (Wildman–Crippen LogP) is 4.63. The summed E-state index contributed by atoms with van der Waals surface area (Å²) in [6.07, 6.45) is 6.33. The molecule has 164 valence electrons. The molecule has 7 heteroatoms. The van der Waals surface area contributed by atoms with Gasteiger partial charge in [0.2, 0.25) is 0 Å². The average Bonchev–Trinajstić information content (AvgIpc) is 3.23. The van der Waals surface area contributed by atoms with Gasteiger partial charge in [-0.2, -0.15) is 11.3 Å². The SMILES string of the molecule is CN=C(NCc1ccccc1OC1CCC1)NC1CCN(Cc2ccsc2)CC1.I. The summed E-state index contributed by atoms with van der Waals surface area (Å²) < 4.78 is 6.15. The summed E-state index contributed by atoms with van der Waals surface area (Å²) in [5.74, 6) is 1.88. The van der Waals surface area contributed by atoms with E-state index in [-0.39, 0.29) is 24.0 Å². The van der Waals surface area contributed by atoms with Crippen LogP contribution in [-0.4, -0.2) is 43.1 Å². The van der Waals surface area contributed by atoms with Gasteiger partial charge >= 0.3 is 0 Å². The van der Waals surface area contributed by atoms with Crippen molar-refractivity contribution in [1.82, 2.24) is 15.5 Å². The largest absolute Gasteiger partial charge is 0.490 e. The molecule has 0 spiro atoms. The van der Waals surface area contributed by atoms with Gasteiger partial charge in [0.15, 0.2) is 5.96 Å². The van der Waals surface area contributed by atoms with Crippen LogP contribution >= 0.6 is 35.3 Å². The highest BCUT2D eigenvalue weighted by molar-refractivity contribution is 14.0. The minimum absolute atomic E-state index is 0. The lowest BCUT2D eigenvalue weighted by molar-refractivity contribution is 0.119. The van der Waals surface area contributed by atoms with Gasteiger partial charge in [-0.15, -0.1) is 24.0 Å². The van der Waals surface area contributed by atoms with E-state index >= 15 is 0 Å². The molecule has 0 unspecified atom stereocenters. The van der Waals surface area contributed by atoms with Gasteiger partial charge in [0.05, 0.1) is 6.10 Å². The zero-order valence-electron chi connectivity index (χ0n) is 17.7. The van der Waals surface area contributed by atoms with Crippen LogP contribution in [0.25, 0.3) is 0 Å². The molecule has 0 radical (unpaired) electrons. The zero-order valence-corrected chi connectivity index (χ0v) is 20.8. The van der Waals surface area contributed by atoms with Gasteiger partial charge < -0.3 is 15.4 Å². The van der Waals surface area contributed by atoms with Crippen molar-refractivity contribution in [3.8, 4) is 5.75 Å². The molecule has 1 aliphatic heterocycles. The number of nitrogens with one attached hydrogen (secondary N) is 2. The van der Waals surface area contributed by atoms with Crippen molar-refractivity contribution in [2.75, 3.05) is 20.1 Å². The highest BCUT2D eigenvalue weighted by Gasteiger charge is 2.21. The maximum Gasteiger partial charge on any atom is 0.191 e. The molecule has 30 heavy (non-hydrogen) atoms. The van der Waals surface area contributed by atoms with Crippen LogP contribution in [0.4, 0.5) is 0 Å². The molecule has 0 bridgehead atoms. The van der Waals surface area contributed by atoms with Crippen molar-refractivity contribution in [2.24, 2.45) is 4.99 Å². The summed E-state index contributed by atoms with van der Waals surface area (Å²) in [6, 6.07) is 11.0. The number of piperidine rings is 1. The van der Waals surface area contributed by atoms with Crippen molar-refractivity contribution in [1.29, 1.82) is 0 Å². The molecule has 4 rings (SSSR count). The molecule has 1 aromatic carbocycles. The summed E-state index contributed by atoms with van der Waals surface area (Å²) in [5, 5.41) is 11.5. The Morgan fingerprint density at radius 1 is 1.17 bits per heavy atom. The highest BCUT2D eigenvalue weighted by atomic mass is 127. The van der Waals surface area contributed by atoms with Gasteiger partial charge in [-0.3, -0.25) is 9.89 Å². The number of nitrogens with zero attached hydrogens (tertiary/aromatic N) is 2. The number of para-hydroxylation sites is 1. The van der Waals surface area contributed by atoms with E-state index in [9.17, 15) is 0 Å². The topological polar surface area (TPSA) is 48.9 Å². The fourth-order valence-corrected chi connectivity index (χ4v) is 4.54. The first-order chi connectivity index (χ1) is 14.3. The van der Waals surface area contributed by atoms with Gasteiger partial charge in [0, 0.05) is 44.8 Å². The van der Waals surface area contributed by atoms with Crippen LogP contribution in [0.1, 0.15) is 43.2 Å². The third-order valence-electron chi connectivity index (χ3n) is 5.90. The predicted molar refractivity (Wildman–Crippen MR) is 136 cm³/mol. The van der Waals surface area contributed by atoms with E-state index in [1.165, 1.54) is 30.4 Å². The Balaban J connectivity index is 0.00000256. The number of hydrogen-bond acceptors (Lipinski definition) is 4. The number of benzene rings is 1. The van der Waals surface area contributed by atoms with Gasteiger partial charge in [-0.05, 0) is 60.6 Å². The molecular formula is C23H33IN4OS. The minimum atomic E-state index is 0. The Morgan fingerprint density at radius 3 is 2.63 bits per heavy atom. The van der Waals surface area contributed by atoms with E-state index in [1.807, 2.05) is 7.05 Å². The molecule has 2 fully saturated rings. The molecule has 1 saturated carbocycles. The molecule has 2 aliphatic rings. The second kappa shape index (κ2) is 11.9. The van der Waals surface area contributed by atoms with E-state index < -0.39 is 0 Å². The lowest BCUT2D eigenvalue weighted by atomic mass is 9.96. The lowest BCUT2D eigenvalue weighted by Gasteiger charge is -2.33. The number of rotatable bonds is 7. The zero-order chi connectivity index (χ0) is 19.9. The minimum Gasteiger partial charge on any atom is -0.490 e. The smallest absolute Gasteiger partial charge is 0.191 e. The van der Waals surface area contributed by atoms with Crippen LogP contribution in [0.3, 0.4) is 0 Å². The van der Waals surface area contributed by atoms with Crippen molar-refractivity contribution >= 4 is 41.3 Å². The van der Waals surface area contributed by atoms with Crippen LogP contribution in [0, 0.1) is 0 Å². The van der Waals surface area contributed by atoms with Crippen molar-refractivity contribution in [3.63, 3.8) is 0 Å². The van der Waals surface area contributed by atoms with E-state index in [0.717, 1.165) is 50.7 Å². The number of thiophene rings is 1. The van der Waals surface area contributed by atoms with E-state index in [2.05, 4.69) is 61.6 Å². The summed E-state index contributed by atoms with van der Waals surface area (Å²) in [4.78, 5) is 6.98. The van der Waals surface area contributed by atoms with Crippen molar-refractivity contribution in [3.05, 3.63) is 52.2 Å². The van der Waals surface area contributed by atoms with Gasteiger partial charge in [0.25, 0.3) is 0 Å². The van der Waals surface area contributed by atoms with Gasteiger partial charge in [-0.25, -0.2) is 0 Å². The Kier molecular flexibility index (Phi) is 9.27. The second-order valence-electron chi connectivity index (χ2n) is 8.03. The summed E-state index contributed by atoms with van der Waals surface area (Å²) in [7, 11) is 1.85. The summed E-state index contributed by atoms with van der Waals surface area (Å²) in [5.41, 5.74) is 2.62. The van der Waals surface area contributed by atoms with Gasteiger partial charge in [0.1, 0.15) is 5.75 Å². The first kappa shape index (κ1) is 23.3. The number of likely N-dealkylation sites (tertiary alicyclic amines) is 1. The van der Waals surface area contributed by atoms with E-state index in [4.69, 9.17) is 4.74 Å². The molecule has 2 aromatic rings. The fourth-order valence-electron chi connectivity index (χ4n) is 3.88. The third-order valence-corrected chi connectivity index (χ3v) is 6.64. The van der Waals surface area contributed by atoms with Crippen LogP contribution in [-0.2, 0) is 13.1 Å².